The SMILES string of the molecule is CCc1nncn1CCNC(=NC)NCCN1CC(C)CC(C)C1.I. The fraction of sp³-hybridized carbons (Fsp3) is 0.824. The van der Waals surface area contributed by atoms with Crippen LogP contribution in [0.3, 0.4) is 0 Å². The average Bonchev–Trinajstić information content (AvgIpc) is 3.00. The van der Waals surface area contributed by atoms with Crippen LogP contribution in [0.5, 0.6) is 0 Å². The molecule has 1 aromatic heterocycles. The summed E-state index contributed by atoms with van der Waals surface area (Å²) in [6, 6.07) is 0. The molecule has 0 aliphatic carbocycles. The lowest BCUT2D eigenvalue weighted by Crippen LogP contribution is -2.45. The Morgan fingerprint density at radius 3 is 2.44 bits per heavy atom. The maximum Gasteiger partial charge on any atom is 0.191 e. The molecule has 1 saturated heterocycles. The molecular weight excluding hydrogens is 429 g/mol. The van der Waals surface area contributed by atoms with E-state index >= 15 is 0 Å². The third-order valence-electron chi connectivity index (χ3n) is 4.55. The number of guanidine groups is 1. The van der Waals surface area contributed by atoms with Crippen molar-refractivity contribution in [3.8, 4) is 0 Å². The number of aromatic nitrogens is 3. The minimum Gasteiger partial charge on any atom is -0.355 e. The van der Waals surface area contributed by atoms with Crippen molar-refractivity contribution < 1.29 is 0 Å². The molecule has 1 aromatic rings. The van der Waals surface area contributed by atoms with Gasteiger partial charge in [0, 0.05) is 52.7 Å². The van der Waals surface area contributed by atoms with Gasteiger partial charge in [0.25, 0.3) is 0 Å². The van der Waals surface area contributed by atoms with E-state index in [1.54, 1.807) is 6.33 Å². The highest BCUT2D eigenvalue weighted by Gasteiger charge is 2.21. The molecule has 144 valence electrons. The lowest BCUT2D eigenvalue weighted by molar-refractivity contribution is 0.143. The average molecular weight is 463 g/mol. The number of hydrogen-bond acceptors (Lipinski definition) is 4. The van der Waals surface area contributed by atoms with Crippen molar-refractivity contribution in [2.75, 3.05) is 39.8 Å². The van der Waals surface area contributed by atoms with E-state index in [4.69, 9.17) is 0 Å². The van der Waals surface area contributed by atoms with Crippen LogP contribution in [0.1, 0.15) is 33.0 Å². The van der Waals surface area contributed by atoms with Crippen LogP contribution in [0.4, 0.5) is 0 Å². The third kappa shape index (κ3) is 7.47. The van der Waals surface area contributed by atoms with Crippen LogP contribution in [0.25, 0.3) is 0 Å². The largest absolute Gasteiger partial charge is 0.355 e. The molecule has 2 atom stereocenters. The molecule has 0 bridgehead atoms. The fourth-order valence-electron chi connectivity index (χ4n) is 3.56. The molecule has 1 aliphatic rings. The van der Waals surface area contributed by atoms with E-state index in [1.165, 1.54) is 19.5 Å². The predicted octanol–water partition coefficient (Wildman–Crippen LogP) is 1.60. The molecule has 2 heterocycles. The van der Waals surface area contributed by atoms with E-state index in [-0.39, 0.29) is 24.0 Å². The second-order valence-corrected chi connectivity index (χ2v) is 6.93. The van der Waals surface area contributed by atoms with Crippen LogP contribution in [0.15, 0.2) is 11.3 Å². The zero-order valence-electron chi connectivity index (χ0n) is 16.0. The van der Waals surface area contributed by atoms with E-state index in [2.05, 4.69) is 56.1 Å². The molecule has 0 aromatic carbocycles. The van der Waals surface area contributed by atoms with Crippen LogP contribution in [-0.2, 0) is 13.0 Å². The molecule has 2 unspecified atom stereocenters. The van der Waals surface area contributed by atoms with Gasteiger partial charge in [-0.2, -0.15) is 0 Å². The van der Waals surface area contributed by atoms with E-state index in [1.807, 2.05) is 7.05 Å². The molecule has 7 nitrogen and oxygen atoms in total. The number of nitrogens with one attached hydrogen (secondary N) is 2. The number of rotatable bonds is 7. The first-order chi connectivity index (χ1) is 11.6. The number of halogens is 1. The molecule has 2 N–H and O–H groups in total. The van der Waals surface area contributed by atoms with Crippen molar-refractivity contribution in [2.45, 2.75) is 40.2 Å². The molecule has 0 spiro atoms. The molecule has 2 rings (SSSR count). The highest BCUT2D eigenvalue weighted by atomic mass is 127. The Bertz CT molecular complexity index is 507. The standard InChI is InChI=1S/C17H33N7.HI/c1-5-16-22-21-13-24(16)9-7-20-17(18-4)19-6-8-23-11-14(2)10-15(3)12-23;/h13-15H,5-12H2,1-4H3,(H2,18,19,20);1H. The fourth-order valence-corrected chi connectivity index (χ4v) is 3.56. The highest BCUT2D eigenvalue weighted by Crippen LogP contribution is 2.20. The van der Waals surface area contributed by atoms with Gasteiger partial charge in [0.2, 0.25) is 0 Å². The van der Waals surface area contributed by atoms with E-state index in [9.17, 15) is 0 Å². The van der Waals surface area contributed by atoms with Gasteiger partial charge in [0.05, 0.1) is 0 Å². The minimum atomic E-state index is 0. The van der Waals surface area contributed by atoms with Crippen molar-refractivity contribution in [3.05, 3.63) is 12.2 Å². The zero-order valence-corrected chi connectivity index (χ0v) is 18.4. The van der Waals surface area contributed by atoms with Crippen LogP contribution in [-0.4, -0.2) is 65.4 Å². The number of hydrogen-bond donors (Lipinski definition) is 2. The van der Waals surface area contributed by atoms with E-state index in [0.717, 1.165) is 56.2 Å². The number of piperidine rings is 1. The van der Waals surface area contributed by atoms with E-state index < -0.39 is 0 Å². The summed E-state index contributed by atoms with van der Waals surface area (Å²) in [5.41, 5.74) is 0. The second-order valence-electron chi connectivity index (χ2n) is 6.93. The first kappa shape index (κ1) is 22.1. The summed E-state index contributed by atoms with van der Waals surface area (Å²) < 4.78 is 2.08. The summed E-state index contributed by atoms with van der Waals surface area (Å²) in [5.74, 6) is 3.50. The van der Waals surface area contributed by atoms with Gasteiger partial charge in [-0.05, 0) is 18.3 Å². The zero-order chi connectivity index (χ0) is 17.4. The van der Waals surface area contributed by atoms with Crippen molar-refractivity contribution in [1.29, 1.82) is 0 Å². The van der Waals surface area contributed by atoms with Gasteiger partial charge in [-0.3, -0.25) is 4.99 Å². The Labute approximate surface area is 169 Å². The van der Waals surface area contributed by atoms with Crippen molar-refractivity contribution in [3.63, 3.8) is 0 Å². The maximum atomic E-state index is 4.30. The summed E-state index contributed by atoms with van der Waals surface area (Å²) in [6.45, 7) is 12.9. The monoisotopic (exact) mass is 463 g/mol. The summed E-state index contributed by atoms with van der Waals surface area (Å²) in [4.78, 5) is 6.86. The van der Waals surface area contributed by atoms with Crippen LogP contribution >= 0.6 is 24.0 Å². The molecule has 0 radical (unpaired) electrons. The van der Waals surface area contributed by atoms with Gasteiger partial charge in [0.15, 0.2) is 5.96 Å². The molecule has 0 amide bonds. The number of aliphatic imine (C=N–C) groups is 1. The van der Waals surface area contributed by atoms with Crippen molar-refractivity contribution in [1.82, 2.24) is 30.3 Å². The topological polar surface area (TPSA) is 70.4 Å². The van der Waals surface area contributed by atoms with Gasteiger partial charge < -0.3 is 20.1 Å². The van der Waals surface area contributed by atoms with Gasteiger partial charge in [-0.15, -0.1) is 34.2 Å². The van der Waals surface area contributed by atoms with Crippen LogP contribution < -0.4 is 10.6 Å². The van der Waals surface area contributed by atoms with Gasteiger partial charge in [-0.25, -0.2) is 0 Å². The summed E-state index contributed by atoms with van der Waals surface area (Å²) in [5, 5.41) is 14.8. The third-order valence-corrected chi connectivity index (χ3v) is 4.55. The van der Waals surface area contributed by atoms with Crippen LogP contribution in [0.2, 0.25) is 0 Å². The molecule has 1 fully saturated rings. The summed E-state index contributed by atoms with van der Waals surface area (Å²) in [6.07, 6.45) is 4.05. The number of aryl methyl sites for hydroxylation is 1. The lowest BCUT2D eigenvalue weighted by atomic mass is 9.92. The molecule has 8 heteroatoms. The smallest absolute Gasteiger partial charge is 0.191 e. The van der Waals surface area contributed by atoms with E-state index in [0.29, 0.717) is 0 Å². The first-order valence-electron chi connectivity index (χ1n) is 9.15. The predicted molar refractivity (Wildman–Crippen MR) is 114 cm³/mol. The van der Waals surface area contributed by atoms with Gasteiger partial charge >= 0.3 is 0 Å². The quantitative estimate of drug-likeness (QED) is 0.365. The number of likely N-dealkylation sites (tertiary alicyclic amines) is 1. The van der Waals surface area contributed by atoms with Crippen molar-refractivity contribution >= 4 is 29.9 Å². The second kappa shape index (κ2) is 11.7. The Hall–Kier alpha value is -0.900. The lowest BCUT2D eigenvalue weighted by Gasteiger charge is -2.35. The molecule has 25 heavy (non-hydrogen) atoms. The highest BCUT2D eigenvalue weighted by molar-refractivity contribution is 14.0. The summed E-state index contributed by atoms with van der Waals surface area (Å²) in [7, 11) is 1.82. The molecular formula is C17H34IN7. The van der Waals surface area contributed by atoms with Gasteiger partial charge in [-0.1, -0.05) is 20.8 Å². The minimum absolute atomic E-state index is 0. The molecule has 1 aliphatic heterocycles. The van der Waals surface area contributed by atoms with Crippen LogP contribution in [0, 0.1) is 11.8 Å². The molecule has 0 saturated carbocycles. The Morgan fingerprint density at radius 1 is 1.20 bits per heavy atom. The van der Waals surface area contributed by atoms with Crippen molar-refractivity contribution in [2.24, 2.45) is 16.8 Å². The Morgan fingerprint density at radius 2 is 1.84 bits per heavy atom. The number of nitrogens with zero attached hydrogens (tertiary/aromatic N) is 5. The Balaban J connectivity index is 0.00000312. The first-order valence-corrected chi connectivity index (χ1v) is 9.15. The van der Waals surface area contributed by atoms with Gasteiger partial charge in [0.1, 0.15) is 12.2 Å². The normalized spacial score (nSPS) is 21.7. The maximum absolute atomic E-state index is 4.30. The summed E-state index contributed by atoms with van der Waals surface area (Å²) >= 11 is 0. The Kier molecular flexibility index (Phi) is 10.3.